The van der Waals surface area contributed by atoms with Gasteiger partial charge in [0.15, 0.2) is 0 Å². The van der Waals surface area contributed by atoms with Gasteiger partial charge in [0, 0.05) is 18.7 Å². The van der Waals surface area contributed by atoms with Crippen LogP contribution in [0.3, 0.4) is 0 Å². The number of aliphatic carboxylic acids is 1. The van der Waals surface area contributed by atoms with Gasteiger partial charge in [0.1, 0.15) is 5.67 Å². The van der Waals surface area contributed by atoms with Crippen LogP contribution in [0.1, 0.15) is 31.2 Å². The van der Waals surface area contributed by atoms with Crippen molar-refractivity contribution in [3.63, 3.8) is 0 Å². The molecule has 24 heavy (non-hydrogen) atoms. The fourth-order valence-corrected chi connectivity index (χ4v) is 3.28. The van der Waals surface area contributed by atoms with Crippen molar-refractivity contribution in [2.75, 3.05) is 6.54 Å². The molecule has 128 valence electrons. The van der Waals surface area contributed by atoms with Crippen LogP contribution in [-0.2, 0) is 11.3 Å². The van der Waals surface area contributed by atoms with Crippen LogP contribution in [0.5, 0.6) is 0 Å². The summed E-state index contributed by atoms with van der Waals surface area (Å²) in [5.74, 6) is -1.21. The molecule has 1 aliphatic rings. The average molecular weight is 331 g/mol. The van der Waals surface area contributed by atoms with Crippen molar-refractivity contribution in [2.45, 2.75) is 37.9 Å². The van der Waals surface area contributed by atoms with Gasteiger partial charge in [0.25, 0.3) is 0 Å². The van der Waals surface area contributed by atoms with Gasteiger partial charge >= 0.3 is 5.97 Å². The van der Waals surface area contributed by atoms with E-state index in [1.54, 1.807) is 6.20 Å². The minimum Gasteiger partial charge on any atom is -0.481 e. The Kier molecular flexibility index (Phi) is 4.94. The number of halogens is 1. The van der Waals surface area contributed by atoms with E-state index in [2.05, 4.69) is 15.5 Å². The van der Waals surface area contributed by atoms with Crippen molar-refractivity contribution in [2.24, 2.45) is 5.92 Å². The van der Waals surface area contributed by atoms with Crippen molar-refractivity contribution in [3.05, 3.63) is 42.1 Å². The predicted octanol–water partition coefficient (Wildman–Crippen LogP) is 3.15. The molecule has 1 aromatic carbocycles. The molecule has 1 saturated carbocycles. The fourth-order valence-electron chi connectivity index (χ4n) is 3.28. The molecule has 3 N–H and O–H groups in total. The van der Waals surface area contributed by atoms with Gasteiger partial charge < -0.3 is 10.4 Å². The van der Waals surface area contributed by atoms with Crippen LogP contribution in [0, 0.1) is 5.92 Å². The van der Waals surface area contributed by atoms with E-state index in [1.807, 2.05) is 30.3 Å². The molecule has 0 saturated heterocycles. The van der Waals surface area contributed by atoms with Gasteiger partial charge in [0.05, 0.1) is 17.8 Å². The van der Waals surface area contributed by atoms with Crippen molar-refractivity contribution >= 4 is 5.97 Å². The van der Waals surface area contributed by atoms with E-state index >= 15 is 0 Å². The van der Waals surface area contributed by atoms with Gasteiger partial charge in [-0.05, 0) is 31.2 Å². The number of nitrogens with one attached hydrogen (secondary N) is 2. The molecule has 0 atom stereocenters. The Morgan fingerprint density at radius 2 is 2.04 bits per heavy atom. The molecule has 0 bridgehead atoms. The molecule has 2 aromatic rings. The second-order valence-electron chi connectivity index (χ2n) is 6.50. The van der Waals surface area contributed by atoms with Gasteiger partial charge in [-0.15, -0.1) is 0 Å². The van der Waals surface area contributed by atoms with Crippen LogP contribution in [-0.4, -0.2) is 33.5 Å². The number of alkyl halides is 1. The van der Waals surface area contributed by atoms with Crippen molar-refractivity contribution in [1.82, 2.24) is 15.5 Å². The van der Waals surface area contributed by atoms with Gasteiger partial charge in [-0.25, -0.2) is 4.39 Å². The third-order valence-corrected chi connectivity index (χ3v) is 4.77. The Morgan fingerprint density at radius 3 is 2.71 bits per heavy atom. The molecule has 3 rings (SSSR count). The summed E-state index contributed by atoms with van der Waals surface area (Å²) in [5, 5.41) is 19.2. The lowest BCUT2D eigenvalue weighted by Crippen LogP contribution is -2.40. The van der Waals surface area contributed by atoms with Crippen molar-refractivity contribution in [1.29, 1.82) is 0 Å². The predicted molar refractivity (Wildman–Crippen MR) is 89.2 cm³/mol. The first-order valence-electron chi connectivity index (χ1n) is 8.27. The molecule has 5 nitrogen and oxygen atoms in total. The Balaban J connectivity index is 1.54. The summed E-state index contributed by atoms with van der Waals surface area (Å²) in [4.78, 5) is 11.0. The van der Waals surface area contributed by atoms with Crippen LogP contribution in [0.25, 0.3) is 11.3 Å². The largest absolute Gasteiger partial charge is 0.481 e. The highest BCUT2D eigenvalue weighted by molar-refractivity contribution is 5.70. The normalized spacial score (nSPS) is 24.0. The topological polar surface area (TPSA) is 78.0 Å². The maximum Gasteiger partial charge on any atom is 0.306 e. The van der Waals surface area contributed by atoms with Gasteiger partial charge in [-0.2, -0.15) is 5.10 Å². The van der Waals surface area contributed by atoms with Crippen LogP contribution < -0.4 is 5.32 Å². The van der Waals surface area contributed by atoms with E-state index < -0.39 is 17.6 Å². The number of carboxylic acid groups (broad SMARTS) is 1. The number of benzene rings is 1. The molecule has 6 heteroatoms. The first-order chi connectivity index (χ1) is 11.6. The molecule has 1 heterocycles. The maximum atomic E-state index is 14.8. The zero-order valence-corrected chi connectivity index (χ0v) is 13.5. The van der Waals surface area contributed by atoms with Crippen LogP contribution in [0.15, 0.2) is 36.5 Å². The minimum atomic E-state index is -1.32. The molecule has 0 amide bonds. The molecule has 0 radical (unpaired) electrons. The minimum absolute atomic E-state index is 0.235. The number of carbonyl (C=O) groups is 1. The summed E-state index contributed by atoms with van der Waals surface area (Å²) in [6, 6.07) is 9.88. The Bertz CT molecular complexity index is 679. The summed E-state index contributed by atoms with van der Waals surface area (Å²) in [6.07, 6.45) is 3.17. The number of H-pyrrole nitrogens is 1. The fraction of sp³-hybridized carbons (Fsp3) is 0.444. The third kappa shape index (κ3) is 3.82. The number of aromatic amines is 1. The zero-order chi connectivity index (χ0) is 17.0. The zero-order valence-electron chi connectivity index (χ0n) is 13.5. The number of nitrogens with zero attached hydrogens (tertiary/aromatic N) is 1. The molecular weight excluding hydrogens is 309 g/mol. The number of hydrogen-bond donors (Lipinski definition) is 3. The summed E-state index contributed by atoms with van der Waals surface area (Å²) in [6.45, 7) is 0.757. The highest BCUT2D eigenvalue weighted by atomic mass is 19.1. The Morgan fingerprint density at radius 1 is 1.33 bits per heavy atom. The molecular formula is C18H22FN3O2. The summed E-state index contributed by atoms with van der Waals surface area (Å²) in [5.41, 5.74) is 1.65. The monoisotopic (exact) mass is 331 g/mol. The summed E-state index contributed by atoms with van der Waals surface area (Å²) in [7, 11) is 0. The first kappa shape index (κ1) is 16.6. The number of carboxylic acids is 1. The SMILES string of the molecule is O=C(O)C1CCC(F)(CNCc2cn[nH]c2-c2ccccc2)CC1. The number of rotatable bonds is 6. The van der Waals surface area contributed by atoms with Gasteiger partial charge in [0.2, 0.25) is 0 Å². The number of aromatic nitrogens is 2. The van der Waals surface area contributed by atoms with Gasteiger partial charge in [-0.1, -0.05) is 30.3 Å². The van der Waals surface area contributed by atoms with Crippen molar-refractivity contribution < 1.29 is 14.3 Å². The van der Waals surface area contributed by atoms with E-state index in [0.29, 0.717) is 32.2 Å². The summed E-state index contributed by atoms with van der Waals surface area (Å²) < 4.78 is 14.8. The summed E-state index contributed by atoms with van der Waals surface area (Å²) >= 11 is 0. The smallest absolute Gasteiger partial charge is 0.306 e. The molecule has 0 unspecified atom stereocenters. The van der Waals surface area contributed by atoms with E-state index in [1.165, 1.54) is 0 Å². The lowest BCUT2D eigenvalue weighted by atomic mass is 9.80. The Hall–Kier alpha value is -2.21. The van der Waals surface area contributed by atoms with E-state index in [4.69, 9.17) is 5.11 Å². The Labute approximate surface area is 140 Å². The lowest BCUT2D eigenvalue weighted by Gasteiger charge is -2.32. The highest BCUT2D eigenvalue weighted by Gasteiger charge is 2.37. The second kappa shape index (κ2) is 7.13. The standard InChI is InChI=1S/C18H22FN3O2/c19-18(8-6-14(7-9-18)17(23)24)12-20-10-15-11-21-22-16(15)13-4-2-1-3-5-13/h1-5,11,14,20H,6-10,12H2,(H,21,22)(H,23,24). The van der Waals surface area contributed by atoms with Crippen molar-refractivity contribution in [3.8, 4) is 11.3 Å². The third-order valence-electron chi connectivity index (χ3n) is 4.77. The first-order valence-corrected chi connectivity index (χ1v) is 8.27. The lowest BCUT2D eigenvalue weighted by molar-refractivity contribution is -0.143. The quantitative estimate of drug-likeness (QED) is 0.760. The molecule has 0 aliphatic heterocycles. The van der Waals surface area contributed by atoms with Crippen LogP contribution in [0.4, 0.5) is 4.39 Å². The van der Waals surface area contributed by atoms with E-state index in [0.717, 1.165) is 16.8 Å². The highest BCUT2D eigenvalue weighted by Crippen LogP contribution is 2.35. The average Bonchev–Trinajstić information content (AvgIpc) is 3.04. The maximum absolute atomic E-state index is 14.8. The number of hydrogen-bond acceptors (Lipinski definition) is 3. The van der Waals surface area contributed by atoms with Gasteiger partial charge in [-0.3, -0.25) is 9.89 Å². The van der Waals surface area contributed by atoms with Crippen LogP contribution in [0.2, 0.25) is 0 Å². The molecule has 1 fully saturated rings. The van der Waals surface area contributed by atoms with E-state index in [9.17, 15) is 9.18 Å². The second-order valence-corrected chi connectivity index (χ2v) is 6.50. The van der Waals surface area contributed by atoms with Crippen LogP contribution >= 0.6 is 0 Å². The van der Waals surface area contributed by atoms with E-state index in [-0.39, 0.29) is 6.54 Å². The molecule has 1 aliphatic carbocycles. The molecule has 1 aromatic heterocycles. The molecule has 0 spiro atoms.